The molecule has 0 bridgehead atoms. The topological polar surface area (TPSA) is 44.8 Å². The Morgan fingerprint density at radius 3 is 2.69 bits per heavy atom. The predicted octanol–water partition coefficient (Wildman–Crippen LogP) is 2.64. The SMILES string of the molecule is CCOc1c(Br)cc(OCOC)cc1C=O. The van der Waals surface area contributed by atoms with Crippen molar-refractivity contribution in [1.82, 2.24) is 0 Å². The van der Waals surface area contributed by atoms with Gasteiger partial charge >= 0.3 is 0 Å². The average Bonchev–Trinajstić information content (AvgIpc) is 2.29. The van der Waals surface area contributed by atoms with E-state index in [0.717, 1.165) is 6.29 Å². The number of hydrogen-bond donors (Lipinski definition) is 0. The van der Waals surface area contributed by atoms with Crippen molar-refractivity contribution in [3.05, 3.63) is 22.2 Å². The highest BCUT2D eigenvalue weighted by Crippen LogP contribution is 2.32. The molecular formula is C11H13BrO4. The first-order chi connectivity index (χ1) is 7.72. The summed E-state index contributed by atoms with van der Waals surface area (Å²) >= 11 is 3.33. The van der Waals surface area contributed by atoms with E-state index >= 15 is 0 Å². The largest absolute Gasteiger partial charge is 0.492 e. The molecule has 4 nitrogen and oxygen atoms in total. The molecule has 1 aromatic rings. The minimum absolute atomic E-state index is 0.138. The van der Waals surface area contributed by atoms with Gasteiger partial charge in [-0.2, -0.15) is 0 Å². The zero-order valence-corrected chi connectivity index (χ0v) is 10.7. The van der Waals surface area contributed by atoms with Crippen LogP contribution in [0.3, 0.4) is 0 Å². The van der Waals surface area contributed by atoms with E-state index < -0.39 is 0 Å². The molecule has 1 rings (SSSR count). The molecule has 0 atom stereocenters. The van der Waals surface area contributed by atoms with Crippen LogP contribution in [0.1, 0.15) is 17.3 Å². The van der Waals surface area contributed by atoms with Crippen LogP contribution in [0.15, 0.2) is 16.6 Å². The lowest BCUT2D eigenvalue weighted by Crippen LogP contribution is -2.02. The van der Waals surface area contributed by atoms with Crippen molar-refractivity contribution in [2.45, 2.75) is 6.92 Å². The Balaban J connectivity index is 3.00. The zero-order valence-electron chi connectivity index (χ0n) is 9.16. The van der Waals surface area contributed by atoms with Crippen LogP contribution >= 0.6 is 15.9 Å². The number of hydrogen-bond acceptors (Lipinski definition) is 4. The van der Waals surface area contributed by atoms with Gasteiger partial charge in [0.2, 0.25) is 0 Å². The van der Waals surface area contributed by atoms with E-state index in [1.54, 1.807) is 12.1 Å². The molecule has 0 saturated heterocycles. The first kappa shape index (κ1) is 13.0. The van der Waals surface area contributed by atoms with Gasteiger partial charge in [0.1, 0.15) is 11.5 Å². The van der Waals surface area contributed by atoms with Gasteiger partial charge in [-0.15, -0.1) is 0 Å². The summed E-state index contributed by atoms with van der Waals surface area (Å²) in [6.45, 7) is 2.49. The van der Waals surface area contributed by atoms with Crippen LogP contribution in [0.5, 0.6) is 11.5 Å². The minimum Gasteiger partial charge on any atom is -0.492 e. The zero-order chi connectivity index (χ0) is 12.0. The molecule has 0 heterocycles. The molecule has 0 aliphatic heterocycles. The lowest BCUT2D eigenvalue weighted by atomic mass is 10.2. The molecule has 0 spiro atoms. The van der Waals surface area contributed by atoms with Crippen molar-refractivity contribution in [3.63, 3.8) is 0 Å². The highest BCUT2D eigenvalue weighted by atomic mass is 79.9. The van der Waals surface area contributed by atoms with E-state index in [-0.39, 0.29) is 6.79 Å². The molecule has 16 heavy (non-hydrogen) atoms. The number of aldehydes is 1. The Hall–Kier alpha value is -1.07. The number of methoxy groups -OCH3 is 1. The van der Waals surface area contributed by atoms with Gasteiger partial charge in [-0.25, -0.2) is 0 Å². The number of halogens is 1. The Bertz CT molecular complexity index is 365. The lowest BCUT2D eigenvalue weighted by Gasteiger charge is -2.11. The highest BCUT2D eigenvalue weighted by molar-refractivity contribution is 9.10. The Morgan fingerprint density at radius 2 is 2.12 bits per heavy atom. The van der Waals surface area contributed by atoms with E-state index in [2.05, 4.69) is 15.9 Å². The molecule has 0 aliphatic carbocycles. The van der Waals surface area contributed by atoms with Crippen LogP contribution in [0, 0.1) is 0 Å². The van der Waals surface area contributed by atoms with Crippen molar-refractivity contribution in [3.8, 4) is 11.5 Å². The van der Waals surface area contributed by atoms with Crippen LogP contribution in [0.25, 0.3) is 0 Å². The van der Waals surface area contributed by atoms with Crippen LogP contribution in [0.2, 0.25) is 0 Å². The van der Waals surface area contributed by atoms with Crippen LogP contribution in [-0.4, -0.2) is 26.8 Å². The average molecular weight is 289 g/mol. The molecule has 0 N–H and O–H groups in total. The van der Waals surface area contributed by atoms with Gasteiger partial charge in [-0.1, -0.05) is 0 Å². The Morgan fingerprint density at radius 1 is 1.38 bits per heavy atom. The molecule has 0 saturated carbocycles. The molecule has 0 amide bonds. The third-order valence-electron chi connectivity index (χ3n) is 1.80. The van der Waals surface area contributed by atoms with Gasteiger partial charge < -0.3 is 14.2 Å². The highest BCUT2D eigenvalue weighted by Gasteiger charge is 2.10. The van der Waals surface area contributed by atoms with Gasteiger partial charge in [0, 0.05) is 7.11 Å². The van der Waals surface area contributed by atoms with Crippen LogP contribution in [0.4, 0.5) is 0 Å². The summed E-state index contributed by atoms with van der Waals surface area (Å²) in [7, 11) is 1.53. The van der Waals surface area contributed by atoms with Gasteiger partial charge in [0.15, 0.2) is 13.1 Å². The summed E-state index contributed by atoms with van der Waals surface area (Å²) in [6, 6.07) is 3.35. The monoisotopic (exact) mass is 288 g/mol. The van der Waals surface area contributed by atoms with E-state index in [0.29, 0.717) is 28.1 Å². The van der Waals surface area contributed by atoms with Gasteiger partial charge in [-0.05, 0) is 35.0 Å². The quantitative estimate of drug-likeness (QED) is 0.596. The summed E-state index contributed by atoms with van der Waals surface area (Å²) in [5.74, 6) is 1.08. The number of carbonyl (C=O) groups excluding carboxylic acids is 1. The van der Waals surface area contributed by atoms with Crippen molar-refractivity contribution in [2.75, 3.05) is 20.5 Å². The smallest absolute Gasteiger partial charge is 0.188 e. The number of rotatable bonds is 6. The summed E-state index contributed by atoms with van der Waals surface area (Å²) in [6.07, 6.45) is 0.732. The molecule has 0 aromatic heterocycles. The van der Waals surface area contributed by atoms with Crippen molar-refractivity contribution in [1.29, 1.82) is 0 Å². The van der Waals surface area contributed by atoms with Crippen LogP contribution < -0.4 is 9.47 Å². The molecular weight excluding hydrogens is 276 g/mol. The fourth-order valence-electron chi connectivity index (χ4n) is 1.18. The predicted molar refractivity (Wildman–Crippen MR) is 63.2 cm³/mol. The van der Waals surface area contributed by atoms with Crippen molar-refractivity contribution >= 4 is 22.2 Å². The van der Waals surface area contributed by atoms with E-state index in [1.807, 2.05) is 6.92 Å². The number of carbonyl (C=O) groups is 1. The lowest BCUT2D eigenvalue weighted by molar-refractivity contribution is 0.0509. The molecule has 0 radical (unpaired) electrons. The second-order valence-electron chi connectivity index (χ2n) is 2.93. The molecule has 0 aliphatic rings. The number of benzene rings is 1. The summed E-state index contributed by atoms with van der Waals surface area (Å²) < 4.78 is 16.1. The van der Waals surface area contributed by atoms with Gasteiger partial charge in [-0.3, -0.25) is 4.79 Å². The standard InChI is InChI=1S/C11H13BrO4/c1-3-15-11-8(6-13)4-9(5-10(11)12)16-7-14-2/h4-6H,3,7H2,1-2H3. The first-order valence-electron chi connectivity index (χ1n) is 4.76. The third-order valence-corrected chi connectivity index (χ3v) is 2.39. The summed E-state index contributed by atoms with van der Waals surface area (Å²) in [5, 5.41) is 0. The Labute approximate surface area is 103 Å². The second kappa shape index (κ2) is 6.50. The second-order valence-corrected chi connectivity index (χ2v) is 3.78. The van der Waals surface area contributed by atoms with Crippen molar-refractivity contribution in [2.24, 2.45) is 0 Å². The summed E-state index contributed by atoms with van der Waals surface area (Å²) in [5.41, 5.74) is 0.447. The Kier molecular flexibility index (Phi) is 5.28. The maximum Gasteiger partial charge on any atom is 0.188 e. The molecule has 1 aromatic carbocycles. The van der Waals surface area contributed by atoms with Gasteiger partial charge in [0.05, 0.1) is 16.6 Å². The van der Waals surface area contributed by atoms with Gasteiger partial charge in [0.25, 0.3) is 0 Å². The molecule has 5 heteroatoms. The molecule has 0 fully saturated rings. The van der Waals surface area contributed by atoms with E-state index in [1.165, 1.54) is 7.11 Å². The minimum atomic E-state index is 0.138. The molecule has 88 valence electrons. The summed E-state index contributed by atoms with van der Waals surface area (Å²) in [4.78, 5) is 10.9. The van der Waals surface area contributed by atoms with Crippen molar-refractivity contribution < 1.29 is 19.0 Å². The van der Waals surface area contributed by atoms with E-state index in [4.69, 9.17) is 14.2 Å². The first-order valence-corrected chi connectivity index (χ1v) is 5.55. The fourth-order valence-corrected chi connectivity index (χ4v) is 1.75. The number of ether oxygens (including phenoxy) is 3. The van der Waals surface area contributed by atoms with Crippen LogP contribution in [-0.2, 0) is 4.74 Å². The normalized spacial score (nSPS) is 9.94. The fraction of sp³-hybridized carbons (Fsp3) is 0.364. The maximum atomic E-state index is 10.9. The van der Waals surface area contributed by atoms with E-state index in [9.17, 15) is 4.79 Å². The molecule has 0 unspecified atom stereocenters. The third kappa shape index (κ3) is 3.21. The maximum absolute atomic E-state index is 10.9.